The molecule has 0 aliphatic rings. The van der Waals surface area contributed by atoms with Crippen molar-refractivity contribution < 1.29 is 9.59 Å². The number of amides is 2. The molecule has 4 nitrogen and oxygen atoms in total. The van der Waals surface area contributed by atoms with Crippen LogP contribution < -0.4 is 10.6 Å². The van der Waals surface area contributed by atoms with Gasteiger partial charge >= 0.3 is 0 Å². The van der Waals surface area contributed by atoms with Gasteiger partial charge in [0, 0.05) is 18.2 Å². The number of fused-ring (bicyclic) bond motifs is 1. The molecule has 4 heteroatoms. The standard InChI is InChI=1S/C23H20N2O2/c1-17(26)25-21-13-11-18(12-14-21)6-5-15-24-23(27)16-20-9-4-8-19-7-2-3-10-22(19)20/h2-4,7-14H,15-16H2,1H3,(H,24,27)(H,25,26). The van der Waals surface area contributed by atoms with E-state index in [0.29, 0.717) is 6.42 Å². The monoisotopic (exact) mass is 356 g/mol. The van der Waals surface area contributed by atoms with Gasteiger partial charge in [0.05, 0.1) is 13.0 Å². The Morgan fingerprint density at radius 1 is 0.926 bits per heavy atom. The molecular weight excluding hydrogens is 336 g/mol. The van der Waals surface area contributed by atoms with Gasteiger partial charge in [-0.05, 0) is 40.6 Å². The highest BCUT2D eigenvalue weighted by atomic mass is 16.2. The van der Waals surface area contributed by atoms with Crippen LogP contribution in [0.4, 0.5) is 5.69 Å². The summed E-state index contributed by atoms with van der Waals surface area (Å²) in [5.74, 6) is 5.78. The number of carbonyl (C=O) groups is 2. The number of rotatable bonds is 4. The highest BCUT2D eigenvalue weighted by Gasteiger charge is 2.05. The van der Waals surface area contributed by atoms with Crippen molar-refractivity contribution in [3.05, 3.63) is 77.9 Å². The smallest absolute Gasteiger partial charge is 0.225 e. The molecule has 2 amide bonds. The molecule has 3 aromatic carbocycles. The molecule has 0 aliphatic heterocycles. The Kier molecular flexibility index (Phi) is 5.86. The van der Waals surface area contributed by atoms with Crippen molar-refractivity contribution in [3.63, 3.8) is 0 Å². The van der Waals surface area contributed by atoms with Gasteiger partial charge < -0.3 is 10.6 Å². The Morgan fingerprint density at radius 3 is 2.44 bits per heavy atom. The normalized spacial score (nSPS) is 9.96. The van der Waals surface area contributed by atoms with E-state index in [9.17, 15) is 9.59 Å². The zero-order valence-corrected chi connectivity index (χ0v) is 15.1. The summed E-state index contributed by atoms with van der Waals surface area (Å²) in [5, 5.41) is 7.77. The van der Waals surface area contributed by atoms with Crippen LogP contribution in [-0.4, -0.2) is 18.4 Å². The largest absolute Gasteiger partial charge is 0.345 e. The topological polar surface area (TPSA) is 58.2 Å². The minimum Gasteiger partial charge on any atom is -0.345 e. The number of hydrogen-bond acceptors (Lipinski definition) is 2. The van der Waals surface area contributed by atoms with Crippen LogP contribution in [0.25, 0.3) is 10.8 Å². The van der Waals surface area contributed by atoms with Gasteiger partial charge in [-0.25, -0.2) is 0 Å². The van der Waals surface area contributed by atoms with Crippen LogP contribution in [0.3, 0.4) is 0 Å². The van der Waals surface area contributed by atoms with Crippen molar-refractivity contribution in [3.8, 4) is 11.8 Å². The van der Waals surface area contributed by atoms with Gasteiger partial charge in [0.1, 0.15) is 0 Å². The van der Waals surface area contributed by atoms with Crippen LogP contribution in [0.15, 0.2) is 66.7 Å². The predicted molar refractivity (Wildman–Crippen MR) is 108 cm³/mol. The summed E-state index contributed by atoms with van der Waals surface area (Å²) in [7, 11) is 0. The number of hydrogen-bond donors (Lipinski definition) is 2. The fourth-order valence-corrected chi connectivity index (χ4v) is 2.81. The zero-order chi connectivity index (χ0) is 19.1. The van der Waals surface area contributed by atoms with Crippen LogP contribution in [0, 0.1) is 11.8 Å². The summed E-state index contributed by atoms with van der Waals surface area (Å²) < 4.78 is 0. The van der Waals surface area contributed by atoms with E-state index in [-0.39, 0.29) is 18.4 Å². The first-order valence-electron chi connectivity index (χ1n) is 8.72. The molecule has 0 spiro atoms. The van der Waals surface area contributed by atoms with E-state index in [4.69, 9.17) is 0 Å². The third kappa shape index (κ3) is 5.20. The maximum absolute atomic E-state index is 12.2. The van der Waals surface area contributed by atoms with E-state index < -0.39 is 0 Å². The van der Waals surface area contributed by atoms with Crippen molar-refractivity contribution in [1.29, 1.82) is 0 Å². The van der Waals surface area contributed by atoms with Crippen LogP contribution in [0.2, 0.25) is 0 Å². The number of anilines is 1. The van der Waals surface area contributed by atoms with Gasteiger partial charge in [0.2, 0.25) is 11.8 Å². The van der Waals surface area contributed by atoms with Crippen LogP contribution >= 0.6 is 0 Å². The lowest BCUT2D eigenvalue weighted by molar-refractivity contribution is -0.120. The number of carbonyl (C=O) groups excluding carboxylic acids is 2. The van der Waals surface area contributed by atoms with Gasteiger partial charge in [-0.3, -0.25) is 9.59 Å². The molecular formula is C23H20N2O2. The highest BCUT2D eigenvalue weighted by Crippen LogP contribution is 2.18. The Bertz CT molecular complexity index is 1020. The first kappa shape index (κ1) is 18.2. The second kappa shape index (κ2) is 8.68. The van der Waals surface area contributed by atoms with Crippen LogP contribution in [0.5, 0.6) is 0 Å². The molecule has 3 aromatic rings. The minimum absolute atomic E-state index is 0.0540. The highest BCUT2D eigenvalue weighted by molar-refractivity contribution is 5.90. The Labute approximate surface area is 158 Å². The van der Waals surface area contributed by atoms with Crippen molar-refractivity contribution in [2.75, 3.05) is 11.9 Å². The summed E-state index contributed by atoms with van der Waals surface area (Å²) in [6, 6.07) is 21.3. The minimum atomic E-state index is -0.109. The van der Waals surface area contributed by atoms with Gasteiger partial charge in [0.25, 0.3) is 0 Å². The molecule has 134 valence electrons. The predicted octanol–water partition coefficient (Wildman–Crippen LogP) is 3.51. The van der Waals surface area contributed by atoms with E-state index in [0.717, 1.165) is 27.6 Å². The average molecular weight is 356 g/mol. The van der Waals surface area contributed by atoms with E-state index in [1.807, 2.05) is 54.6 Å². The van der Waals surface area contributed by atoms with Gasteiger partial charge in [-0.15, -0.1) is 0 Å². The van der Waals surface area contributed by atoms with Gasteiger partial charge in [0.15, 0.2) is 0 Å². The summed E-state index contributed by atoms with van der Waals surface area (Å²) in [4.78, 5) is 23.2. The summed E-state index contributed by atoms with van der Waals surface area (Å²) in [5.41, 5.74) is 2.57. The van der Waals surface area contributed by atoms with Crippen molar-refractivity contribution in [2.45, 2.75) is 13.3 Å². The molecule has 0 fully saturated rings. The molecule has 3 rings (SSSR count). The van der Waals surface area contributed by atoms with Crippen molar-refractivity contribution >= 4 is 28.3 Å². The molecule has 0 unspecified atom stereocenters. The van der Waals surface area contributed by atoms with E-state index in [1.54, 1.807) is 12.1 Å². The molecule has 0 saturated carbocycles. The van der Waals surface area contributed by atoms with E-state index in [1.165, 1.54) is 6.92 Å². The Balaban J connectivity index is 1.54. The molecule has 0 heterocycles. The molecule has 27 heavy (non-hydrogen) atoms. The van der Waals surface area contributed by atoms with Crippen LogP contribution in [-0.2, 0) is 16.0 Å². The Morgan fingerprint density at radius 2 is 1.67 bits per heavy atom. The molecule has 0 radical (unpaired) electrons. The fraction of sp³-hybridized carbons (Fsp3) is 0.130. The summed E-state index contributed by atoms with van der Waals surface area (Å²) >= 11 is 0. The maximum atomic E-state index is 12.2. The summed E-state index contributed by atoms with van der Waals surface area (Å²) in [6.07, 6.45) is 0.328. The second-order valence-corrected chi connectivity index (χ2v) is 6.15. The van der Waals surface area contributed by atoms with E-state index in [2.05, 4.69) is 22.5 Å². The number of nitrogens with one attached hydrogen (secondary N) is 2. The van der Waals surface area contributed by atoms with Gasteiger partial charge in [-0.2, -0.15) is 0 Å². The molecule has 0 bridgehead atoms. The molecule has 0 atom stereocenters. The maximum Gasteiger partial charge on any atom is 0.225 e. The third-order valence-corrected chi connectivity index (χ3v) is 4.04. The fourth-order valence-electron chi connectivity index (χ4n) is 2.81. The first-order chi connectivity index (χ1) is 13.1. The first-order valence-corrected chi connectivity index (χ1v) is 8.72. The summed E-state index contributed by atoms with van der Waals surface area (Å²) in [6.45, 7) is 1.76. The SMILES string of the molecule is CC(=O)Nc1ccc(C#CCNC(=O)Cc2cccc3ccccc23)cc1. The quantitative estimate of drug-likeness (QED) is 0.703. The van der Waals surface area contributed by atoms with Crippen molar-refractivity contribution in [1.82, 2.24) is 5.32 Å². The molecule has 0 aliphatic carbocycles. The van der Waals surface area contributed by atoms with Gasteiger partial charge in [-0.1, -0.05) is 54.3 Å². The lowest BCUT2D eigenvalue weighted by Gasteiger charge is -2.06. The molecule has 2 N–H and O–H groups in total. The molecule has 0 saturated heterocycles. The zero-order valence-electron chi connectivity index (χ0n) is 15.1. The van der Waals surface area contributed by atoms with Crippen LogP contribution in [0.1, 0.15) is 18.1 Å². The lowest BCUT2D eigenvalue weighted by Crippen LogP contribution is -2.25. The van der Waals surface area contributed by atoms with Crippen molar-refractivity contribution in [2.24, 2.45) is 0 Å². The van der Waals surface area contributed by atoms with E-state index >= 15 is 0 Å². The third-order valence-electron chi connectivity index (χ3n) is 4.04. The Hall–Kier alpha value is -3.58. The lowest BCUT2D eigenvalue weighted by atomic mass is 10.0. The molecule has 0 aromatic heterocycles. The second-order valence-electron chi connectivity index (χ2n) is 6.15. The number of benzene rings is 3. The average Bonchev–Trinajstić information content (AvgIpc) is 2.66.